The van der Waals surface area contributed by atoms with Crippen molar-refractivity contribution in [2.24, 2.45) is 0 Å². The van der Waals surface area contributed by atoms with Gasteiger partial charge in [-0.2, -0.15) is 5.26 Å². The molecule has 0 radical (unpaired) electrons. The Morgan fingerprint density at radius 1 is 1.24 bits per heavy atom. The van der Waals surface area contributed by atoms with Gasteiger partial charge in [0.15, 0.2) is 0 Å². The number of hydrogen-bond donors (Lipinski definition) is 1. The van der Waals surface area contributed by atoms with Crippen molar-refractivity contribution in [2.75, 3.05) is 13.3 Å². The number of benzene rings is 2. The topological polar surface area (TPSA) is 96.1 Å². The fourth-order valence-electron chi connectivity index (χ4n) is 2.85. The minimum atomic E-state index is -0.821. The largest absolute Gasteiger partial charge is 0.489 e. The van der Waals surface area contributed by atoms with E-state index in [0.717, 1.165) is 27.3 Å². The fraction of sp³-hybridized carbons (Fsp3) is 0.238. The summed E-state index contributed by atoms with van der Waals surface area (Å²) in [6, 6.07) is 12.9. The molecule has 0 spiro atoms. The van der Waals surface area contributed by atoms with Gasteiger partial charge in [0.05, 0.1) is 5.56 Å². The van der Waals surface area contributed by atoms with E-state index in [1.165, 1.54) is 11.3 Å². The lowest BCUT2D eigenvalue weighted by atomic mass is 10.0. The Bertz CT molecular complexity index is 1080. The Kier molecular flexibility index (Phi) is 6.52. The van der Waals surface area contributed by atoms with Crippen molar-refractivity contribution in [3.05, 3.63) is 53.1 Å². The third kappa shape index (κ3) is 4.95. The third-order valence-corrected chi connectivity index (χ3v) is 5.26. The summed E-state index contributed by atoms with van der Waals surface area (Å²) in [7, 11) is 0. The molecule has 0 fully saturated rings. The molecule has 1 N–H and O–H groups in total. The molecule has 0 saturated carbocycles. The van der Waals surface area contributed by atoms with Crippen LogP contribution in [0.2, 0.25) is 0 Å². The van der Waals surface area contributed by atoms with Gasteiger partial charge >= 0.3 is 5.97 Å². The molecular formula is C21H18FN3O3S. The quantitative estimate of drug-likeness (QED) is 0.589. The standard InChI is InChI=1S/C21H18FN3O3S/c1-13-10-14(3-7-19(26)27)2-5-17(13)21-25-24-20(29-21)15-4-6-18(28-9-8-22)16(11-15)12-23/h2,4-6,10-11H,3,7-9H2,1H3,(H,26,27). The van der Waals surface area contributed by atoms with Crippen LogP contribution in [0.3, 0.4) is 0 Å². The van der Waals surface area contributed by atoms with E-state index in [1.807, 2.05) is 25.1 Å². The number of alkyl halides is 1. The van der Waals surface area contributed by atoms with E-state index in [9.17, 15) is 14.4 Å². The number of hydrogen-bond acceptors (Lipinski definition) is 6. The molecule has 2 aromatic carbocycles. The van der Waals surface area contributed by atoms with Crippen LogP contribution >= 0.6 is 11.3 Å². The zero-order valence-corrected chi connectivity index (χ0v) is 16.5. The number of carboxylic acid groups (broad SMARTS) is 1. The molecule has 1 heterocycles. The Balaban J connectivity index is 1.84. The number of aromatic nitrogens is 2. The predicted molar refractivity (Wildman–Crippen MR) is 108 cm³/mol. The van der Waals surface area contributed by atoms with Gasteiger partial charge in [-0.1, -0.05) is 29.5 Å². The summed E-state index contributed by atoms with van der Waals surface area (Å²) in [4.78, 5) is 10.7. The van der Waals surface area contributed by atoms with E-state index in [0.29, 0.717) is 22.7 Å². The fourth-order valence-corrected chi connectivity index (χ4v) is 3.78. The third-order valence-electron chi connectivity index (χ3n) is 4.26. The monoisotopic (exact) mass is 411 g/mol. The summed E-state index contributed by atoms with van der Waals surface area (Å²) in [6.45, 7) is 1.23. The highest BCUT2D eigenvalue weighted by molar-refractivity contribution is 7.17. The van der Waals surface area contributed by atoms with Crippen molar-refractivity contribution < 1.29 is 19.0 Å². The Morgan fingerprint density at radius 3 is 2.72 bits per heavy atom. The number of carboxylic acids is 1. The number of rotatable bonds is 8. The smallest absolute Gasteiger partial charge is 0.303 e. The summed E-state index contributed by atoms with van der Waals surface area (Å²) in [5, 5.41) is 28.0. The molecule has 1 aromatic heterocycles. The van der Waals surface area contributed by atoms with E-state index in [-0.39, 0.29) is 13.0 Å². The zero-order chi connectivity index (χ0) is 20.8. The Morgan fingerprint density at radius 2 is 2.03 bits per heavy atom. The van der Waals surface area contributed by atoms with Crippen LogP contribution in [0.1, 0.15) is 23.1 Å². The highest BCUT2D eigenvalue weighted by atomic mass is 32.1. The van der Waals surface area contributed by atoms with E-state index < -0.39 is 12.6 Å². The van der Waals surface area contributed by atoms with Crippen LogP contribution in [0.4, 0.5) is 4.39 Å². The lowest BCUT2D eigenvalue weighted by molar-refractivity contribution is -0.136. The van der Waals surface area contributed by atoms with Gasteiger partial charge < -0.3 is 9.84 Å². The molecule has 8 heteroatoms. The number of aliphatic carboxylic acids is 1. The van der Waals surface area contributed by atoms with Gasteiger partial charge in [-0.3, -0.25) is 4.79 Å². The lowest BCUT2D eigenvalue weighted by Crippen LogP contribution is -2.00. The molecule has 3 aromatic rings. The Hall–Kier alpha value is -3.31. The maximum absolute atomic E-state index is 12.3. The number of carbonyl (C=O) groups is 1. The second kappa shape index (κ2) is 9.26. The van der Waals surface area contributed by atoms with Crippen LogP contribution in [-0.2, 0) is 11.2 Å². The molecule has 0 saturated heterocycles. The minimum absolute atomic E-state index is 0.0913. The molecule has 6 nitrogen and oxygen atoms in total. The molecule has 0 amide bonds. The summed E-state index contributed by atoms with van der Waals surface area (Å²) in [6.07, 6.45) is 0.569. The number of aryl methyl sites for hydroxylation is 2. The maximum atomic E-state index is 12.3. The van der Waals surface area contributed by atoms with Crippen molar-refractivity contribution in [1.82, 2.24) is 10.2 Å². The zero-order valence-electron chi connectivity index (χ0n) is 15.7. The van der Waals surface area contributed by atoms with Crippen molar-refractivity contribution in [3.8, 4) is 33.0 Å². The molecule has 0 bridgehead atoms. The first-order valence-corrected chi connectivity index (χ1v) is 9.72. The summed E-state index contributed by atoms with van der Waals surface area (Å²) in [5.41, 5.74) is 3.92. The molecular weight excluding hydrogens is 393 g/mol. The normalized spacial score (nSPS) is 10.5. The SMILES string of the molecule is Cc1cc(CCC(=O)O)ccc1-c1nnc(-c2ccc(OCCF)c(C#N)c2)s1. The second-order valence-electron chi connectivity index (χ2n) is 6.32. The van der Waals surface area contributed by atoms with E-state index in [4.69, 9.17) is 9.84 Å². The minimum Gasteiger partial charge on any atom is -0.489 e. The van der Waals surface area contributed by atoms with Crippen molar-refractivity contribution in [3.63, 3.8) is 0 Å². The number of halogens is 1. The van der Waals surface area contributed by atoms with Crippen LogP contribution in [-0.4, -0.2) is 34.6 Å². The van der Waals surface area contributed by atoms with Gasteiger partial charge in [0, 0.05) is 17.5 Å². The molecule has 0 unspecified atom stereocenters. The van der Waals surface area contributed by atoms with Gasteiger partial charge in [0.2, 0.25) is 0 Å². The molecule has 0 aliphatic carbocycles. The van der Waals surface area contributed by atoms with Gasteiger partial charge in [0.1, 0.15) is 35.1 Å². The lowest BCUT2D eigenvalue weighted by Gasteiger charge is -2.06. The molecule has 3 rings (SSSR count). The highest BCUT2D eigenvalue weighted by Gasteiger charge is 2.13. The first kappa shape index (κ1) is 20.4. The average molecular weight is 411 g/mol. The second-order valence-corrected chi connectivity index (χ2v) is 7.29. The molecule has 0 aliphatic rings. The van der Waals surface area contributed by atoms with Gasteiger partial charge in [-0.25, -0.2) is 4.39 Å². The number of nitrogens with zero attached hydrogens (tertiary/aromatic N) is 3. The van der Waals surface area contributed by atoms with Crippen molar-refractivity contribution in [2.45, 2.75) is 19.8 Å². The summed E-state index contributed by atoms with van der Waals surface area (Å²) < 4.78 is 17.5. The van der Waals surface area contributed by atoms with Crippen LogP contribution < -0.4 is 4.74 Å². The van der Waals surface area contributed by atoms with Crippen LogP contribution in [0.25, 0.3) is 21.1 Å². The predicted octanol–water partition coefficient (Wildman–Crippen LogP) is 4.42. The van der Waals surface area contributed by atoms with Crippen molar-refractivity contribution in [1.29, 1.82) is 5.26 Å². The van der Waals surface area contributed by atoms with Gasteiger partial charge in [0.25, 0.3) is 0 Å². The van der Waals surface area contributed by atoms with Gasteiger partial charge in [-0.05, 0) is 42.7 Å². The molecule has 0 aliphatic heterocycles. The highest BCUT2D eigenvalue weighted by Crippen LogP contribution is 2.33. The van der Waals surface area contributed by atoms with Crippen LogP contribution in [0.5, 0.6) is 5.75 Å². The van der Waals surface area contributed by atoms with E-state index in [1.54, 1.807) is 18.2 Å². The van der Waals surface area contributed by atoms with Crippen LogP contribution in [0.15, 0.2) is 36.4 Å². The average Bonchev–Trinajstić information content (AvgIpc) is 3.20. The van der Waals surface area contributed by atoms with Gasteiger partial charge in [-0.15, -0.1) is 10.2 Å². The molecule has 148 valence electrons. The first-order chi connectivity index (χ1) is 14.0. The number of nitriles is 1. The molecule has 29 heavy (non-hydrogen) atoms. The maximum Gasteiger partial charge on any atom is 0.303 e. The van der Waals surface area contributed by atoms with Crippen molar-refractivity contribution >= 4 is 17.3 Å². The Labute approximate surface area is 171 Å². The summed E-state index contributed by atoms with van der Waals surface area (Å²) >= 11 is 1.39. The first-order valence-electron chi connectivity index (χ1n) is 8.90. The van der Waals surface area contributed by atoms with E-state index in [2.05, 4.69) is 16.3 Å². The summed E-state index contributed by atoms with van der Waals surface area (Å²) in [5.74, 6) is -0.482. The molecule has 0 atom stereocenters. The van der Waals surface area contributed by atoms with Crippen LogP contribution in [0, 0.1) is 18.3 Å². The number of ether oxygens (including phenoxy) is 1. The van der Waals surface area contributed by atoms with E-state index >= 15 is 0 Å².